The molecule has 0 aliphatic carbocycles. The fourth-order valence-corrected chi connectivity index (χ4v) is 5.29. The zero-order valence-corrected chi connectivity index (χ0v) is 19.4. The molecule has 174 valence electrons. The van der Waals surface area contributed by atoms with Crippen LogP contribution in [0.4, 0.5) is 16.5 Å². The van der Waals surface area contributed by atoms with E-state index in [-0.39, 0.29) is 17.7 Å². The summed E-state index contributed by atoms with van der Waals surface area (Å²) in [4.78, 5) is 46.3. The second kappa shape index (κ2) is 8.61. The maximum Gasteiger partial charge on any atom is 0.268 e. The Morgan fingerprint density at radius 1 is 0.914 bits per heavy atom. The maximum atomic E-state index is 12.9. The minimum absolute atomic E-state index is 0.248. The number of nitrogens with zero attached hydrogens (tertiary/aromatic N) is 3. The number of aromatic nitrogens is 1. The first-order chi connectivity index (χ1) is 17.1. The Bertz CT molecular complexity index is 1440. The van der Waals surface area contributed by atoms with Gasteiger partial charge in [-0.1, -0.05) is 23.5 Å². The molecule has 1 aromatic heterocycles. The Morgan fingerprint density at radius 2 is 1.60 bits per heavy atom. The zero-order valence-electron chi connectivity index (χ0n) is 18.6. The van der Waals surface area contributed by atoms with Gasteiger partial charge >= 0.3 is 0 Å². The quantitative estimate of drug-likeness (QED) is 0.437. The number of benzene rings is 3. The average molecular weight is 485 g/mol. The van der Waals surface area contributed by atoms with Crippen LogP contribution in [0.3, 0.4) is 0 Å². The summed E-state index contributed by atoms with van der Waals surface area (Å²) in [5.41, 5.74) is 3.62. The average Bonchev–Trinajstić information content (AvgIpc) is 3.42. The summed E-state index contributed by atoms with van der Waals surface area (Å²) in [5, 5.41) is 3.22. The van der Waals surface area contributed by atoms with Gasteiger partial charge in [0.2, 0.25) is 5.13 Å². The van der Waals surface area contributed by atoms with Crippen molar-refractivity contribution >= 4 is 55.8 Å². The number of amides is 3. The summed E-state index contributed by atoms with van der Waals surface area (Å²) in [6, 6.07) is 19.6. The van der Waals surface area contributed by atoms with Crippen LogP contribution in [0.5, 0.6) is 0 Å². The van der Waals surface area contributed by atoms with E-state index in [1.807, 2.05) is 24.3 Å². The normalized spacial score (nSPS) is 15.5. The van der Waals surface area contributed by atoms with Crippen LogP contribution in [0.25, 0.3) is 10.2 Å². The number of ether oxygens (including phenoxy) is 1. The van der Waals surface area contributed by atoms with E-state index in [1.165, 1.54) is 11.3 Å². The molecule has 3 aromatic carbocycles. The van der Waals surface area contributed by atoms with Gasteiger partial charge in [-0.2, -0.15) is 0 Å². The van der Waals surface area contributed by atoms with Crippen LogP contribution < -0.4 is 15.1 Å². The van der Waals surface area contributed by atoms with E-state index in [0.717, 1.165) is 23.7 Å². The van der Waals surface area contributed by atoms with Gasteiger partial charge in [0.15, 0.2) is 0 Å². The number of carbonyl (C=O) groups is 3. The van der Waals surface area contributed by atoms with Gasteiger partial charge < -0.3 is 15.0 Å². The molecular weight excluding hydrogens is 464 g/mol. The zero-order chi connectivity index (χ0) is 23.9. The fourth-order valence-electron chi connectivity index (χ4n) is 4.29. The predicted molar refractivity (Wildman–Crippen MR) is 135 cm³/mol. The van der Waals surface area contributed by atoms with Gasteiger partial charge in [0.05, 0.1) is 34.6 Å². The molecular formula is C26H20N4O4S. The van der Waals surface area contributed by atoms with Gasteiger partial charge in [0, 0.05) is 30.0 Å². The highest BCUT2D eigenvalue weighted by Gasteiger charge is 2.38. The molecule has 2 aliphatic heterocycles. The lowest BCUT2D eigenvalue weighted by Gasteiger charge is -2.28. The van der Waals surface area contributed by atoms with E-state index in [1.54, 1.807) is 42.5 Å². The molecule has 35 heavy (non-hydrogen) atoms. The molecule has 3 heterocycles. The third-order valence-corrected chi connectivity index (χ3v) is 7.13. The standard InChI is InChI=1S/C26H20N4O4S/c31-23(27-17-6-8-18(9-7-17)29-11-13-34-14-12-29)16-5-10-21-22(15-16)35-26(28-21)30-24(32)19-3-1-2-4-20(19)25(30)33/h1-10,15H,11-14H2,(H,27,31). The summed E-state index contributed by atoms with van der Waals surface area (Å²) in [7, 11) is 0. The molecule has 2 aliphatic rings. The molecule has 1 N–H and O–H groups in total. The second-order valence-corrected chi connectivity index (χ2v) is 9.28. The Labute approximate surface area is 204 Å². The molecule has 0 atom stereocenters. The lowest BCUT2D eigenvalue weighted by Crippen LogP contribution is -2.36. The number of rotatable bonds is 4. The van der Waals surface area contributed by atoms with Gasteiger partial charge in [-0.15, -0.1) is 0 Å². The first kappa shape index (κ1) is 21.5. The van der Waals surface area contributed by atoms with Crippen molar-refractivity contribution in [3.8, 4) is 0 Å². The second-order valence-electron chi connectivity index (χ2n) is 8.27. The number of hydrogen-bond acceptors (Lipinski definition) is 7. The number of carbonyl (C=O) groups excluding carboxylic acids is 3. The number of hydrogen-bond donors (Lipinski definition) is 1. The minimum atomic E-state index is -0.386. The first-order valence-corrected chi connectivity index (χ1v) is 12.0. The van der Waals surface area contributed by atoms with Gasteiger partial charge in [-0.05, 0) is 54.6 Å². The highest BCUT2D eigenvalue weighted by molar-refractivity contribution is 7.22. The van der Waals surface area contributed by atoms with E-state index in [4.69, 9.17) is 4.74 Å². The lowest BCUT2D eigenvalue weighted by atomic mass is 10.1. The van der Waals surface area contributed by atoms with E-state index in [2.05, 4.69) is 15.2 Å². The third kappa shape index (κ3) is 3.84. The van der Waals surface area contributed by atoms with Crippen LogP contribution in [0.2, 0.25) is 0 Å². The number of nitrogens with one attached hydrogen (secondary N) is 1. The van der Waals surface area contributed by atoms with Crippen molar-refractivity contribution in [2.45, 2.75) is 0 Å². The number of thiazole rings is 1. The van der Waals surface area contributed by atoms with Crippen molar-refractivity contribution in [3.05, 3.63) is 83.4 Å². The minimum Gasteiger partial charge on any atom is -0.378 e. The van der Waals surface area contributed by atoms with Gasteiger partial charge in [0.1, 0.15) is 0 Å². The topological polar surface area (TPSA) is 91.8 Å². The molecule has 4 aromatic rings. The highest BCUT2D eigenvalue weighted by Crippen LogP contribution is 2.34. The van der Waals surface area contributed by atoms with Gasteiger partial charge in [0.25, 0.3) is 17.7 Å². The monoisotopic (exact) mass is 484 g/mol. The SMILES string of the molecule is O=C(Nc1ccc(N2CCOCC2)cc1)c1ccc2nc(N3C(=O)c4ccccc4C3=O)sc2c1. The number of anilines is 3. The maximum absolute atomic E-state index is 12.9. The van der Waals surface area contributed by atoms with Crippen LogP contribution in [-0.4, -0.2) is 49.0 Å². The van der Waals surface area contributed by atoms with E-state index < -0.39 is 0 Å². The molecule has 6 rings (SSSR count). The first-order valence-electron chi connectivity index (χ1n) is 11.2. The fraction of sp³-hybridized carbons (Fsp3) is 0.154. The summed E-state index contributed by atoms with van der Waals surface area (Å²) in [6.45, 7) is 3.13. The smallest absolute Gasteiger partial charge is 0.268 e. The number of fused-ring (bicyclic) bond motifs is 2. The van der Waals surface area contributed by atoms with Crippen molar-refractivity contribution in [2.24, 2.45) is 0 Å². The molecule has 9 heteroatoms. The van der Waals surface area contributed by atoms with E-state index >= 15 is 0 Å². The largest absolute Gasteiger partial charge is 0.378 e. The van der Waals surface area contributed by atoms with Crippen LogP contribution in [0, 0.1) is 0 Å². The molecule has 3 amide bonds. The van der Waals surface area contributed by atoms with Gasteiger partial charge in [-0.3, -0.25) is 14.4 Å². The Kier molecular flexibility index (Phi) is 5.28. The third-order valence-electron chi connectivity index (χ3n) is 6.13. The molecule has 0 unspecified atom stereocenters. The molecule has 0 spiro atoms. The summed E-state index contributed by atoms with van der Waals surface area (Å²) < 4.78 is 6.11. The summed E-state index contributed by atoms with van der Waals surface area (Å²) >= 11 is 1.21. The molecule has 0 bridgehead atoms. The summed E-state index contributed by atoms with van der Waals surface area (Å²) in [5.74, 6) is -1.02. The predicted octanol–water partition coefficient (Wildman–Crippen LogP) is 4.19. The Balaban J connectivity index is 1.20. The van der Waals surface area contributed by atoms with Crippen molar-refractivity contribution in [2.75, 3.05) is 41.4 Å². The molecule has 8 nitrogen and oxygen atoms in total. The molecule has 0 saturated carbocycles. The summed E-state index contributed by atoms with van der Waals surface area (Å²) in [6.07, 6.45) is 0. The Morgan fingerprint density at radius 3 is 2.29 bits per heavy atom. The van der Waals surface area contributed by atoms with E-state index in [9.17, 15) is 14.4 Å². The van der Waals surface area contributed by atoms with Crippen molar-refractivity contribution < 1.29 is 19.1 Å². The van der Waals surface area contributed by atoms with Crippen LogP contribution in [-0.2, 0) is 4.74 Å². The number of imide groups is 1. The van der Waals surface area contributed by atoms with Crippen molar-refractivity contribution in [3.63, 3.8) is 0 Å². The molecule has 1 saturated heterocycles. The lowest BCUT2D eigenvalue weighted by molar-refractivity contribution is 0.0925. The van der Waals surface area contributed by atoms with Crippen molar-refractivity contribution in [1.29, 1.82) is 0 Å². The van der Waals surface area contributed by atoms with Crippen molar-refractivity contribution in [1.82, 2.24) is 4.98 Å². The van der Waals surface area contributed by atoms with Crippen LogP contribution in [0.15, 0.2) is 66.7 Å². The van der Waals surface area contributed by atoms with Crippen LogP contribution >= 0.6 is 11.3 Å². The van der Waals surface area contributed by atoms with Crippen LogP contribution in [0.1, 0.15) is 31.1 Å². The molecule has 1 fully saturated rings. The van der Waals surface area contributed by atoms with Gasteiger partial charge in [-0.25, -0.2) is 9.88 Å². The molecule has 0 radical (unpaired) electrons. The Hall–Kier alpha value is -4.08. The van der Waals surface area contributed by atoms with E-state index in [0.29, 0.717) is 50.9 Å². The highest BCUT2D eigenvalue weighted by atomic mass is 32.1. The number of morpholine rings is 1.